The Balaban J connectivity index is 2.28. The van der Waals surface area contributed by atoms with E-state index in [4.69, 9.17) is 4.74 Å². The van der Waals surface area contributed by atoms with Crippen molar-refractivity contribution in [1.82, 2.24) is 16.2 Å². The molecule has 0 unspecified atom stereocenters. The summed E-state index contributed by atoms with van der Waals surface area (Å²) in [6.45, 7) is 5.68. The molecule has 144 valence electrons. The number of nitrogens with one attached hydrogen (secondary N) is 3. The van der Waals surface area contributed by atoms with Crippen LogP contribution in [0.3, 0.4) is 0 Å². The molecular weight excluding hydrogens is 343 g/mol. The number of rotatable bonds is 3. The largest absolute Gasteiger partial charge is 0.472 e. The first-order valence-electron chi connectivity index (χ1n) is 8.02. The first-order chi connectivity index (χ1) is 11.4. The lowest BCUT2D eigenvalue weighted by Gasteiger charge is -2.28. The van der Waals surface area contributed by atoms with Crippen LogP contribution in [0, 0.1) is 11.8 Å². The highest BCUT2D eigenvalue weighted by Crippen LogP contribution is 2.28. The summed E-state index contributed by atoms with van der Waals surface area (Å²) in [5.74, 6) is -3.15. The van der Waals surface area contributed by atoms with Gasteiger partial charge in [-0.15, -0.1) is 0 Å². The van der Waals surface area contributed by atoms with Gasteiger partial charge in [-0.25, -0.2) is 4.79 Å². The van der Waals surface area contributed by atoms with E-state index in [1.807, 2.05) is 0 Å². The van der Waals surface area contributed by atoms with E-state index in [9.17, 15) is 27.6 Å². The topological polar surface area (TPSA) is 96.5 Å². The van der Waals surface area contributed by atoms with Crippen LogP contribution in [0.1, 0.15) is 46.5 Å². The maximum atomic E-state index is 12.0. The Morgan fingerprint density at radius 2 is 1.56 bits per heavy atom. The van der Waals surface area contributed by atoms with Crippen molar-refractivity contribution >= 4 is 17.9 Å². The van der Waals surface area contributed by atoms with Crippen molar-refractivity contribution in [3.63, 3.8) is 0 Å². The van der Waals surface area contributed by atoms with Gasteiger partial charge in [-0.05, 0) is 52.4 Å². The summed E-state index contributed by atoms with van der Waals surface area (Å²) in [6.07, 6.45) is -3.34. The SMILES string of the molecule is CC(C)(C)OC(=O)NCC1CCC(C(=O)NNC(=O)C(F)(F)F)CC1. The number of amides is 3. The minimum atomic E-state index is -5.04. The van der Waals surface area contributed by atoms with Gasteiger partial charge in [0, 0.05) is 12.5 Å². The van der Waals surface area contributed by atoms with Crippen molar-refractivity contribution in [2.45, 2.75) is 58.2 Å². The van der Waals surface area contributed by atoms with Crippen LogP contribution < -0.4 is 16.2 Å². The standard InChI is InChI=1S/C15H24F3N3O4/c1-14(2,3)25-13(24)19-8-9-4-6-10(7-5-9)11(22)20-21-12(23)15(16,17)18/h9-10H,4-8H2,1-3H3,(H,19,24)(H,20,22)(H,21,23). The third kappa shape index (κ3) is 8.08. The zero-order valence-corrected chi connectivity index (χ0v) is 14.5. The van der Waals surface area contributed by atoms with E-state index in [-0.39, 0.29) is 5.92 Å². The molecule has 0 aromatic heterocycles. The minimum absolute atomic E-state index is 0.168. The molecule has 7 nitrogen and oxygen atoms in total. The minimum Gasteiger partial charge on any atom is -0.444 e. The summed E-state index contributed by atoms with van der Waals surface area (Å²) in [4.78, 5) is 34.0. The molecule has 1 rings (SSSR count). The number of halogens is 3. The van der Waals surface area contributed by atoms with Gasteiger partial charge in [0.25, 0.3) is 0 Å². The van der Waals surface area contributed by atoms with Crippen molar-refractivity contribution < 1.29 is 32.3 Å². The van der Waals surface area contributed by atoms with E-state index in [1.165, 1.54) is 5.43 Å². The molecule has 1 aliphatic rings. The third-order valence-corrected chi connectivity index (χ3v) is 3.71. The number of alkyl carbamates (subject to hydrolysis) is 1. The molecule has 0 aliphatic heterocycles. The van der Waals surface area contributed by atoms with Crippen LogP contribution in [0.25, 0.3) is 0 Å². The van der Waals surface area contributed by atoms with Gasteiger partial charge >= 0.3 is 18.2 Å². The highest BCUT2D eigenvalue weighted by molar-refractivity contribution is 5.86. The zero-order valence-electron chi connectivity index (χ0n) is 14.5. The van der Waals surface area contributed by atoms with Gasteiger partial charge in [-0.3, -0.25) is 20.4 Å². The van der Waals surface area contributed by atoms with E-state index < -0.39 is 35.6 Å². The highest BCUT2D eigenvalue weighted by Gasteiger charge is 2.39. The van der Waals surface area contributed by atoms with Crippen LogP contribution in [0.2, 0.25) is 0 Å². The Hall–Kier alpha value is -2.00. The van der Waals surface area contributed by atoms with Crippen molar-refractivity contribution in [3.05, 3.63) is 0 Å². The van der Waals surface area contributed by atoms with Crippen molar-refractivity contribution in [2.24, 2.45) is 11.8 Å². The number of carbonyl (C=O) groups excluding carboxylic acids is 3. The molecule has 3 N–H and O–H groups in total. The quantitative estimate of drug-likeness (QED) is 0.665. The third-order valence-electron chi connectivity index (χ3n) is 3.71. The van der Waals surface area contributed by atoms with Crippen LogP contribution in [0.15, 0.2) is 0 Å². The van der Waals surface area contributed by atoms with Crippen LogP contribution >= 0.6 is 0 Å². The van der Waals surface area contributed by atoms with E-state index in [0.717, 1.165) is 0 Å². The summed E-state index contributed by atoms with van der Waals surface area (Å²) < 4.78 is 41.2. The Bertz CT molecular complexity index is 495. The average molecular weight is 367 g/mol. The van der Waals surface area contributed by atoms with Gasteiger partial charge in [-0.1, -0.05) is 0 Å². The number of ether oxygens (including phenoxy) is 1. The Labute approximate surface area is 144 Å². The van der Waals surface area contributed by atoms with Gasteiger partial charge in [0.2, 0.25) is 5.91 Å². The van der Waals surface area contributed by atoms with Gasteiger partial charge < -0.3 is 10.1 Å². The fourth-order valence-electron chi connectivity index (χ4n) is 2.46. The van der Waals surface area contributed by atoms with Crippen LogP contribution in [-0.2, 0) is 14.3 Å². The smallest absolute Gasteiger partial charge is 0.444 e. The number of hydrazine groups is 1. The van der Waals surface area contributed by atoms with Gasteiger partial charge in [0.1, 0.15) is 5.60 Å². The summed E-state index contributed by atoms with van der Waals surface area (Å²) in [7, 11) is 0. The van der Waals surface area contributed by atoms with Crippen LogP contribution in [0.4, 0.5) is 18.0 Å². The molecule has 25 heavy (non-hydrogen) atoms. The molecule has 0 aromatic carbocycles. The molecule has 1 aliphatic carbocycles. The van der Waals surface area contributed by atoms with E-state index >= 15 is 0 Å². The zero-order chi connectivity index (χ0) is 19.3. The van der Waals surface area contributed by atoms with Gasteiger partial charge in [0.15, 0.2) is 0 Å². The predicted octanol–water partition coefficient (Wildman–Crippen LogP) is 2.03. The second-order valence-corrected chi connectivity index (χ2v) is 7.04. The molecule has 0 bridgehead atoms. The molecule has 10 heteroatoms. The fraction of sp³-hybridized carbons (Fsp3) is 0.800. The van der Waals surface area contributed by atoms with Crippen molar-refractivity contribution in [3.8, 4) is 0 Å². The lowest BCUT2D eigenvalue weighted by atomic mass is 9.81. The molecule has 0 heterocycles. The van der Waals surface area contributed by atoms with E-state index in [2.05, 4.69) is 5.32 Å². The maximum Gasteiger partial charge on any atom is 0.472 e. The summed E-state index contributed by atoms with van der Waals surface area (Å²) in [5, 5.41) is 2.67. The average Bonchev–Trinajstić information content (AvgIpc) is 2.48. The monoisotopic (exact) mass is 367 g/mol. The number of hydrogen-bond donors (Lipinski definition) is 3. The lowest BCUT2D eigenvalue weighted by Crippen LogP contribution is -2.50. The molecule has 0 aromatic rings. The van der Waals surface area contributed by atoms with Crippen molar-refractivity contribution in [1.29, 1.82) is 0 Å². The van der Waals surface area contributed by atoms with Gasteiger partial charge in [0.05, 0.1) is 0 Å². The van der Waals surface area contributed by atoms with Crippen LogP contribution in [-0.4, -0.2) is 36.2 Å². The highest BCUT2D eigenvalue weighted by atomic mass is 19.4. The second-order valence-electron chi connectivity index (χ2n) is 7.04. The maximum absolute atomic E-state index is 12.0. The van der Waals surface area contributed by atoms with E-state index in [1.54, 1.807) is 26.2 Å². The summed E-state index contributed by atoms with van der Waals surface area (Å²) >= 11 is 0. The summed E-state index contributed by atoms with van der Waals surface area (Å²) in [5.41, 5.74) is 2.57. The molecule has 1 saturated carbocycles. The normalized spacial score (nSPS) is 21.2. The first kappa shape index (κ1) is 21.0. The lowest BCUT2D eigenvalue weighted by molar-refractivity contribution is -0.175. The molecule has 1 fully saturated rings. The first-order valence-corrected chi connectivity index (χ1v) is 8.02. The Morgan fingerprint density at radius 1 is 1.00 bits per heavy atom. The molecular formula is C15H24F3N3O4. The van der Waals surface area contributed by atoms with E-state index in [0.29, 0.717) is 32.2 Å². The molecule has 0 spiro atoms. The molecule has 0 saturated heterocycles. The Kier molecular flexibility index (Phi) is 7.06. The van der Waals surface area contributed by atoms with Crippen molar-refractivity contribution in [2.75, 3.05) is 6.54 Å². The fourth-order valence-corrected chi connectivity index (χ4v) is 2.46. The number of alkyl halides is 3. The predicted molar refractivity (Wildman–Crippen MR) is 82.0 cm³/mol. The number of hydrogen-bond acceptors (Lipinski definition) is 4. The number of carbonyl (C=O) groups is 3. The molecule has 3 amide bonds. The molecule has 0 atom stereocenters. The molecule has 0 radical (unpaired) electrons. The van der Waals surface area contributed by atoms with Gasteiger partial charge in [-0.2, -0.15) is 13.2 Å². The Morgan fingerprint density at radius 3 is 2.04 bits per heavy atom. The van der Waals surface area contributed by atoms with Crippen LogP contribution in [0.5, 0.6) is 0 Å². The summed E-state index contributed by atoms with van der Waals surface area (Å²) in [6, 6.07) is 0. The second kappa shape index (κ2) is 8.39.